The number of nitrogens with zero attached hydrogens (tertiary/aromatic N) is 1. The summed E-state index contributed by atoms with van der Waals surface area (Å²) in [6, 6.07) is 18.4. The highest BCUT2D eigenvalue weighted by Crippen LogP contribution is 2.27. The highest BCUT2D eigenvalue weighted by molar-refractivity contribution is 6.32. The van der Waals surface area contributed by atoms with Crippen LogP contribution in [0.2, 0.25) is 5.02 Å². The zero-order chi connectivity index (χ0) is 21.8. The highest BCUT2D eigenvalue weighted by atomic mass is 35.5. The van der Waals surface area contributed by atoms with Crippen molar-refractivity contribution in [1.29, 1.82) is 0 Å². The molecule has 0 spiro atoms. The lowest BCUT2D eigenvalue weighted by Crippen LogP contribution is -2.17. The summed E-state index contributed by atoms with van der Waals surface area (Å²) < 4.78 is 5.13. The molecule has 4 aromatic rings. The molecule has 0 atom stereocenters. The fourth-order valence-electron chi connectivity index (χ4n) is 3.01. The molecule has 0 aliphatic carbocycles. The standard InChI is InChI=1S/C23H16ClN3O4/c24-18-12-14(8-10-20(18)28)22(29)27-25-13-15-7-9-19(17-5-2-1-4-16(15)17)26-23(30)21-6-3-11-31-21/h1-13,28H,(H,26,30)(H,27,29). The van der Waals surface area contributed by atoms with E-state index in [-0.39, 0.29) is 28.0 Å². The molecule has 1 aromatic heterocycles. The third-order valence-corrected chi connectivity index (χ3v) is 4.83. The van der Waals surface area contributed by atoms with Crippen LogP contribution in [0.4, 0.5) is 5.69 Å². The lowest BCUT2D eigenvalue weighted by atomic mass is 10.0. The first-order chi connectivity index (χ1) is 15.0. The number of carbonyl (C=O) groups is 2. The number of aromatic hydroxyl groups is 1. The van der Waals surface area contributed by atoms with Crippen LogP contribution in [0.5, 0.6) is 5.75 Å². The van der Waals surface area contributed by atoms with Gasteiger partial charge in [0.25, 0.3) is 11.8 Å². The first kappa shape index (κ1) is 20.2. The van der Waals surface area contributed by atoms with Gasteiger partial charge in [0, 0.05) is 22.2 Å². The molecule has 3 aromatic carbocycles. The average Bonchev–Trinajstić information content (AvgIpc) is 3.32. The summed E-state index contributed by atoms with van der Waals surface area (Å²) in [4.78, 5) is 24.6. The van der Waals surface area contributed by atoms with Crippen molar-refractivity contribution in [2.24, 2.45) is 5.10 Å². The summed E-state index contributed by atoms with van der Waals surface area (Å²) in [7, 11) is 0. The van der Waals surface area contributed by atoms with Gasteiger partial charge < -0.3 is 14.8 Å². The van der Waals surface area contributed by atoms with Gasteiger partial charge in [0.15, 0.2) is 5.76 Å². The average molecular weight is 434 g/mol. The first-order valence-corrected chi connectivity index (χ1v) is 9.59. The number of amides is 2. The smallest absolute Gasteiger partial charge is 0.291 e. The van der Waals surface area contributed by atoms with Crippen molar-refractivity contribution in [3.8, 4) is 5.75 Å². The van der Waals surface area contributed by atoms with E-state index in [1.165, 1.54) is 30.7 Å². The van der Waals surface area contributed by atoms with Crippen molar-refractivity contribution in [2.75, 3.05) is 5.32 Å². The molecule has 0 fully saturated rings. The Bertz CT molecular complexity index is 1300. The van der Waals surface area contributed by atoms with Crippen LogP contribution in [0, 0.1) is 0 Å². The van der Waals surface area contributed by atoms with E-state index in [9.17, 15) is 14.7 Å². The molecule has 31 heavy (non-hydrogen) atoms. The van der Waals surface area contributed by atoms with E-state index in [1.807, 2.05) is 24.3 Å². The highest BCUT2D eigenvalue weighted by Gasteiger charge is 2.12. The van der Waals surface area contributed by atoms with Gasteiger partial charge in [-0.05, 0) is 41.8 Å². The second kappa shape index (κ2) is 8.73. The minimum atomic E-state index is -0.468. The van der Waals surface area contributed by atoms with E-state index < -0.39 is 5.91 Å². The van der Waals surface area contributed by atoms with Crippen LogP contribution in [0.1, 0.15) is 26.5 Å². The SMILES string of the molecule is O=C(NN=Cc1ccc(NC(=O)c2ccco2)c2ccccc12)c1ccc(O)c(Cl)c1. The van der Waals surface area contributed by atoms with Gasteiger partial charge in [-0.2, -0.15) is 5.10 Å². The van der Waals surface area contributed by atoms with E-state index >= 15 is 0 Å². The van der Waals surface area contributed by atoms with Gasteiger partial charge in [0.2, 0.25) is 0 Å². The minimum Gasteiger partial charge on any atom is -0.506 e. The summed E-state index contributed by atoms with van der Waals surface area (Å²) in [5, 5.41) is 18.0. The van der Waals surface area contributed by atoms with Crippen molar-refractivity contribution in [1.82, 2.24) is 5.43 Å². The molecule has 8 heteroatoms. The van der Waals surface area contributed by atoms with Gasteiger partial charge in [0.05, 0.1) is 17.5 Å². The molecule has 7 nitrogen and oxygen atoms in total. The van der Waals surface area contributed by atoms with Gasteiger partial charge in [-0.1, -0.05) is 41.9 Å². The number of hydrazone groups is 1. The summed E-state index contributed by atoms with van der Waals surface area (Å²) in [5.74, 6) is -0.708. The van der Waals surface area contributed by atoms with Crippen LogP contribution in [0.15, 0.2) is 82.5 Å². The number of rotatable bonds is 5. The summed E-state index contributed by atoms with van der Waals surface area (Å²) in [6.07, 6.45) is 2.95. The zero-order valence-corrected chi connectivity index (χ0v) is 16.8. The van der Waals surface area contributed by atoms with Crippen molar-refractivity contribution in [2.45, 2.75) is 0 Å². The van der Waals surface area contributed by atoms with E-state index in [0.717, 1.165) is 16.3 Å². The van der Waals surface area contributed by atoms with Crippen molar-refractivity contribution in [3.05, 3.63) is 94.9 Å². The summed E-state index contributed by atoms with van der Waals surface area (Å²) in [5.41, 5.74) is 4.07. The Kier molecular flexibility index (Phi) is 5.68. The van der Waals surface area contributed by atoms with Crippen LogP contribution in [0.3, 0.4) is 0 Å². The van der Waals surface area contributed by atoms with Crippen molar-refractivity contribution >= 4 is 46.1 Å². The molecular weight excluding hydrogens is 418 g/mol. The Balaban J connectivity index is 1.55. The van der Waals surface area contributed by atoms with Crippen LogP contribution in [0.25, 0.3) is 10.8 Å². The molecule has 0 aliphatic rings. The molecule has 3 N–H and O–H groups in total. The Hall–Kier alpha value is -4.10. The van der Waals surface area contributed by atoms with Gasteiger partial charge in [-0.3, -0.25) is 9.59 Å². The molecule has 0 bridgehead atoms. The number of phenolic OH excluding ortho intramolecular Hbond substituents is 1. The number of phenols is 1. The molecule has 0 saturated heterocycles. The maximum absolute atomic E-state index is 12.3. The van der Waals surface area contributed by atoms with Gasteiger partial charge in [-0.15, -0.1) is 0 Å². The van der Waals surface area contributed by atoms with E-state index in [4.69, 9.17) is 16.0 Å². The topological polar surface area (TPSA) is 104 Å². The Morgan fingerprint density at radius 3 is 2.52 bits per heavy atom. The second-order valence-electron chi connectivity index (χ2n) is 6.54. The number of benzene rings is 3. The number of carbonyl (C=O) groups excluding carboxylic acids is 2. The predicted octanol–water partition coefficient (Wildman–Crippen LogP) is 4.81. The second-order valence-corrected chi connectivity index (χ2v) is 6.95. The largest absolute Gasteiger partial charge is 0.506 e. The van der Waals surface area contributed by atoms with Gasteiger partial charge >= 0.3 is 0 Å². The third kappa shape index (κ3) is 4.41. The molecule has 0 radical (unpaired) electrons. The Labute approximate surface area is 182 Å². The number of hydrogen-bond acceptors (Lipinski definition) is 5. The maximum atomic E-state index is 12.3. The van der Waals surface area contributed by atoms with E-state index in [0.29, 0.717) is 5.69 Å². The quantitative estimate of drug-likeness (QED) is 0.310. The Morgan fingerprint density at radius 2 is 1.77 bits per heavy atom. The van der Waals surface area contributed by atoms with Crippen molar-refractivity contribution < 1.29 is 19.1 Å². The molecule has 1 heterocycles. The van der Waals surface area contributed by atoms with Gasteiger partial charge in [-0.25, -0.2) is 5.43 Å². The predicted molar refractivity (Wildman–Crippen MR) is 119 cm³/mol. The molecule has 0 saturated carbocycles. The maximum Gasteiger partial charge on any atom is 0.291 e. The molecule has 0 aliphatic heterocycles. The molecule has 4 rings (SSSR count). The van der Waals surface area contributed by atoms with Gasteiger partial charge in [0.1, 0.15) is 5.75 Å². The fourth-order valence-corrected chi connectivity index (χ4v) is 3.19. The number of halogens is 1. The van der Waals surface area contributed by atoms with Crippen LogP contribution in [-0.2, 0) is 0 Å². The third-order valence-electron chi connectivity index (χ3n) is 4.53. The first-order valence-electron chi connectivity index (χ1n) is 9.21. The Morgan fingerprint density at radius 1 is 0.968 bits per heavy atom. The number of furan rings is 1. The normalized spacial score (nSPS) is 11.0. The summed E-state index contributed by atoms with van der Waals surface area (Å²) >= 11 is 5.83. The van der Waals surface area contributed by atoms with Crippen molar-refractivity contribution in [3.63, 3.8) is 0 Å². The minimum absolute atomic E-state index is 0.0785. The van der Waals surface area contributed by atoms with E-state index in [2.05, 4.69) is 15.8 Å². The number of fused-ring (bicyclic) bond motifs is 1. The number of anilines is 1. The zero-order valence-electron chi connectivity index (χ0n) is 16.0. The lowest BCUT2D eigenvalue weighted by molar-refractivity contribution is 0.0953. The number of hydrogen-bond donors (Lipinski definition) is 3. The molecule has 154 valence electrons. The van der Waals surface area contributed by atoms with Crippen LogP contribution >= 0.6 is 11.6 Å². The molecule has 0 unspecified atom stereocenters. The monoisotopic (exact) mass is 433 g/mol. The molecular formula is C23H16ClN3O4. The van der Waals surface area contributed by atoms with E-state index in [1.54, 1.807) is 24.3 Å². The fraction of sp³-hybridized carbons (Fsp3) is 0. The number of nitrogens with one attached hydrogen (secondary N) is 2. The van der Waals surface area contributed by atoms with Crippen LogP contribution in [-0.4, -0.2) is 23.1 Å². The summed E-state index contributed by atoms with van der Waals surface area (Å²) in [6.45, 7) is 0. The van der Waals surface area contributed by atoms with Crippen LogP contribution < -0.4 is 10.7 Å². The molecule has 2 amide bonds. The lowest BCUT2D eigenvalue weighted by Gasteiger charge is -2.10.